The molecule has 0 saturated carbocycles. The Hall–Kier alpha value is -1.48. The fourth-order valence-electron chi connectivity index (χ4n) is 2.86. The molecule has 1 unspecified atom stereocenters. The Bertz CT molecular complexity index is 952. The van der Waals surface area contributed by atoms with Crippen molar-refractivity contribution in [1.82, 2.24) is 5.32 Å². The van der Waals surface area contributed by atoms with Crippen LogP contribution in [0.3, 0.4) is 0 Å². The number of carbonyl (C=O) groups is 1. The van der Waals surface area contributed by atoms with E-state index in [4.69, 9.17) is 23.2 Å². The molecular formula is C20H23Cl2FN2O3S2. The molecule has 1 N–H and O–H groups in total. The number of nitrogens with zero attached hydrogens (tertiary/aromatic N) is 1. The second-order valence-electron chi connectivity index (χ2n) is 6.50. The molecule has 2 aromatic carbocycles. The molecule has 0 aliphatic heterocycles. The Labute approximate surface area is 191 Å². The topological polar surface area (TPSA) is 66.5 Å². The maximum atomic E-state index is 13.8. The number of sulfonamides is 1. The number of anilines is 1. The van der Waals surface area contributed by atoms with Crippen LogP contribution >= 0.6 is 35.0 Å². The zero-order valence-corrected chi connectivity index (χ0v) is 19.7. The van der Waals surface area contributed by atoms with E-state index in [9.17, 15) is 17.6 Å². The van der Waals surface area contributed by atoms with E-state index in [-0.39, 0.29) is 5.82 Å². The van der Waals surface area contributed by atoms with Crippen molar-refractivity contribution >= 4 is 56.6 Å². The van der Waals surface area contributed by atoms with E-state index in [0.29, 0.717) is 45.8 Å². The van der Waals surface area contributed by atoms with E-state index in [2.05, 4.69) is 5.32 Å². The van der Waals surface area contributed by atoms with Gasteiger partial charge in [-0.05, 0) is 42.8 Å². The highest BCUT2D eigenvalue weighted by atomic mass is 35.5. The molecule has 164 valence electrons. The summed E-state index contributed by atoms with van der Waals surface area (Å²) in [4.78, 5) is 12.7. The second kappa shape index (κ2) is 11.2. The number of nitrogens with one attached hydrogen (secondary N) is 1. The third kappa shape index (κ3) is 6.77. The highest BCUT2D eigenvalue weighted by molar-refractivity contribution is 7.98. The summed E-state index contributed by atoms with van der Waals surface area (Å²) in [5, 5.41) is 3.60. The van der Waals surface area contributed by atoms with Gasteiger partial charge < -0.3 is 5.32 Å². The van der Waals surface area contributed by atoms with E-state index in [1.807, 2.05) is 0 Å². The van der Waals surface area contributed by atoms with Gasteiger partial charge in [-0.25, -0.2) is 12.8 Å². The Kier molecular flexibility index (Phi) is 9.28. The van der Waals surface area contributed by atoms with Crippen LogP contribution in [-0.2, 0) is 20.6 Å². The van der Waals surface area contributed by atoms with Crippen LogP contribution in [-0.4, -0.2) is 38.9 Å². The van der Waals surface area contributed by atoms with E-state index in [1.54, 1.807) is 43.3 Å². The molecular weight excluding hydrogens is 470 g/mol. The van der Waals surface area contributed by atoms with Crippen LogP contribution < -0.4 is 9.62 Å². The molecule has 0 aliphatic rings. The molecule has 10 heteroatoms. The first-order valence-electron chi connectivity index (χ1n) is 9.18. The summed E-state index contributed by atoms with van der Waals surface area (Å²) in [7, 11) is -3.70. The molecule has 2 aromatic rings. The molecule has 0 heterocycles. The van der Waals surface area contributed by atoms with Crippen LogP contribution in [0.1, 0.15) is 18.9 Å². The summed E-state index contributed by atoms with van der Waals surface area (Å²) >= 11 is 13.3. The molecule has 2 rings (SSSR count). The van der Waals surface area contributed by atoms with Crippen molar-refractivity contribution in [2.75, 3.05) is 22.9 Å². The molecule has 30 heavy (non-hydrogen) atoms. The highest BCUT2D eigenvalue weighted by Gasteiger charge is 2.31. The van der Waals surface area contributed by atoms with E-state index in [0.717, 1.165) is 10.6 Å². The monoisotopic (exact) mass is 492 g/mol. The van der Waals surface area contributed by atoms with Crippen molar-refractivity contribution in [3.8, 4) is 0 Å². The molecule has 0 fully saturated rings. The lowest BCUT2D eigenvalue weighted by atomic mass is 10.2. The summed E-state index contributed by atoms with van der Waals surface area (Å²) in [6, 6.07) is 9.91. The van der Waals surface area contributed by atoms with Gasteiger partial charge in [0, 0.05) is 33.7 Å². The third-order valence-electron chi connectivity index (χ3n) is 4.26. The number of carbonyl (C=O) groups excluding carboxylic acids is 1. The van der Waals surface area contributed by atoms with Crippen molar-refractivity contribution in [2.45, 2.75) is 25.1 Å². The van der Waals surface area contributed by atoms with Gasteiger partial charge >= 0.3 is 0 Å². The van der Waals surface area contributed by atoms with Crippen molar-refractivity contribution in [2.24, 2.45) is 0 Å². The maximum absolute atomic E-state index is 13.8. The van der Waals surface area contributed by atoms with E-state index in [1.165, 1.54) is 17.8 Å². The first-order chi connectivity index (χ1) is 14.1. The lowest BCUT2D eigenvalue weighted by Crippen LogP contribution is -2.49. The summed E-state index contributed by atoms with van der Waals surface area (Å²) in [6.07, 6.45) is 1.35. The maximum Gasteiger partial charge on any atom is 0.243 e. The minimum Gasteiger partial charge on any atom is -0.353 e. The van der Waals surface area contributed by atoms with Gasteiger partial charge in [0.2, 0.25) is 15.9 Å². The summed E-state index contributed by atoms with van der Waals surface area (Å²) < 4.78 is 39.6. The van der Waals surface area contributed by atoms with Crippen LogP contribution in [0.15, 0.2) is 42.5 Å². The second-order valence-corrected chi connectivity index (χ2v) is 10.3. The van der Waals surface area contributed by atoms with Gasteiger partial charge in [-0.3, -0.25) is 9.10 Å². The predicted octanol–water partition coefficient (Wildman–Crippen LogP) is 4.73. The molecule has 0 bridgehead atoms. The van der Waals surface area contributed by atoms with Gasteiger partial charge in [0.15, 0.2) is 0 Å². The zero-order valence-electron chi connectivity index (χ0n) is 16.6. The predicted molar refractivity (Wildman–Crippen MR) is 123 cm³/mol. The summed E-state index contributed by atoms with van der Waals surface area (Å²) in [6.45, 7) is 2.05. The van der Waals surface area contributed by atoms with Crippen LogP contribution in [0.25, 0.3) is 0 Å². The molecule has 5 nitrogen and oxygen atoms in total. The first kappa shape index (κ1) is 24.8. The first-order valence-corrected chi connectivity index (χ1v) is 12.9. The number of hydrogen-bond acceptors (Lipinski definition) is 4. The van der Waals surface area contributed by atoms with Gasteiger partial charge in [-0.15, -0.1) is 0 Å². The average Bonchev–Trinajstić information content (AvgIpc) is 2.67. The van der Waals surface area contributed by atoms with E-state index >= 15 is 0 Å². The Morgan fingerprint density at radius 2 is 1.87 bits per heavy atom. The van der Waals surface area contributed by atoms with Crippen LogP contribution in [0.4, 0.5) is 10.1 Å². The van der Waals surface area contributed by atoms with Crippen molar-refractivity contribution in [1.29, 1.82) is 0 Å². The quantitative estimate of drug-likeness (QED) is 0.487. The third-order valence-corrected chi connectivity index (χ3v) is 7.04. The van der Waals surface area contributed by atoms with Gasteiger partial charge in [0.05, 0.1) is 11.9 Å². The molecule has 1 atom stereocenters. The van der Waals surface area contributed by atoms with Crippen molar-refractivity contribution < 1.29 is 17.6 Å². The molecule has 0 radical (unpaired) electrons. The average molecular weight is 493 g/mol. The SMILES string of the molecule is CCC(C(=O)NCCSCc1c(F)cccc1Cl)N(c1ccc(Cl)cc1)S(C)(=O)=O. The number of thioether (sulfide) groups is 1. The minimum absolute atomic E-state index is 0.291. The summed E-state index contributed by atoms with van der Waals surface area (Å²) in [5.74, 6) is 0.130. The number of hydrogen-bond donors (Lipinski definition) is 1. The smallest absolute Gasteiger partial charge is 0.243 e. The molecule has 0 aliphatic carbocycles. The fraction of sp³-hybridized carbons (Fsp3) is 0.350. The number of halogens is 3. The zero-order chi connectivity index (χ0) is 22.3. The van der Waals surface area contributed by atoms with Crippen LogP contribution in [0.5, 0.6) is 0 Å². The lowest BCUT2D eigenvalue weighted by Gasteiger charge is -2.30. The molecule has 1 amide bonds. The van der Waals surface area contributed by atoms with Crippen molar-refractivity contribution in [3.63, 3.8) is 0 Å². The summed E-state index contributed by atoms with van der Waals surface area (Å²) in [5.41, 5.74) is 0.792. The fourth-order valence-corrected chi connectivity index (χ4v) is 5.39. The number of benzene rings is 2. The number of amides is 1. The normalized spacial score (nSPS) is 12.4. The van der Waals surface area contributed by atoms with E-state index < -0.39 is 22.0 Å². The minimum atomic E-state index is -3.70. The number of rotatable bonds is 10. The lowest BCUT2D eigenvalue weighted by molar-refractivity contribution is -0.122. The Balaban J connectivity index is 1.98. The Morgan fingerprint density at radius 3 is 2.43 bits per heavy atom. The van der Waals surface area contributed by atoms with Gasteiger partial charge in [-0.2, -0.15) is 11.8 Å². The standard InChI is InChI=1S/C20H23Cl2FN2O3S2/c1-3-19(25(30(2,27)28)15-9-7-14(21)8-10-15)20(26)24-11-12-29-13-16-17(22)5-4-6-18(16)23/h4-10,19H,3,11-13H2,1-2H3,(H,24,26). The van der Waals surface area contributed by atoms with Crippen LogP contribution in [0, 0.1) is 5.82 Å². The molecule has 0 spiro atoms. The molecule has 0 saturated heterocycles. The largest absolute Gasteiger partial charge is 0.353 e. The van der Waals surface area contributed by atoms with Gasteiger partial charge in [-0.1, -0.05) is 36.2 Å². The van der Waals surface area contributed by atoms with Crippen molar-refractivity contribution in [3.05, 3.63) is 63.9 Å². The van der Waals surface area contributed by atoms with Gasteiger partial charge in [0.25, 0.3) is 0 Å². The Morgan fingerprint density at radius 1 is 1.20 bits per heavy atom. The highest BCUT2D eigenvalue weighted by Crippen LogP contribution is 2.25. The van der Waals surface area contributed by atoms with Gasteiger partial charge in [0.1, 0.15) is 11.9 Å². The van der Waals surface area contributed by atoms with Crippen LogP contribution in [0.2, 0.25) is 10.0 Å². The molecule has 0 aromatic heterocycles.